The number of hydrogen-bond acceptors (Lipinski definition) is 4. The Morgan fingerprint density at radius 3 is 2.47 bits per heavy atom. The Morgan fingerprint density at radius 1 is 1.24 bits per heavy atom. The zero-order chi connectivity index (χ0) is 12.1. The number of ether oxygens (including phenoxy) is 1. The van der Waals surface area contributed by atoms with E-state index in [1.54, 1.807) is 7.05 Å². The Labute approximate surface area is 101 Å². The van der Waals surface area contributed by atoms with E-state index in [2.05, 4.69) is 15.8 Å². The minimum absolute atomic E-state index is 0.124. The molecule has 1 aliphatic rings. The molecular weight excluding hydrogens is 218 g/mol. The average molecular weight is 235 g/mol. The largest absolute Gasteiger partial charge is 0.378 e. The van der Waals surface area contributed by atoms with Crippen LogP contribution in [-0.2, 0) is 4.74 Å². The second-order valence-corrected chi connectivity index (χ2v) is 3.85. The van der Waals surface area contributed by atoms with Crippen molar-refractivity contribution in [1.29, 1.82) is 0 Å². The Hall–Kier alpha value is -1.59. The van der Waals surface area contributed by atoms with Gasteiger partial charge in [0.05, 0.1) is 13.2 Å². The van der Waals surface area contributed by atoms with Gasteiger partial charge in [-0.05, 0) is 24.3 Å². The summed E-state index contributed by atoms with van der Waals surface area (Å²) in [7, 11) is 1.67. The summed E-state index contributed by atoms with van der Waals surface area (Å²) in [5.41, 5.74) is 6.94. The third-order valence-corrected chi connectivity index (χ3v) is 2.74. The van der Waals surface area contributed by atoms with E-state index in [1.165, 1.54) is 0 Å². The number of carbonyl (C=O) groups is 1. The maximum absolute atomic E-state index is 11.5. The molecule has 1 amide bonds. The van der Waals surface area contributed by atoms with Gasteiger partial charge < -0.3 is 9.64 Å². The minimum Gasteiger partial charge on any atom is -0.378 e. The van der Waals surface area contributed by atoms with Crippen LogP contribution in [0, 0.1) is 0 Å². The molecule has 0 atom stereocenters. The highest BCUT2D eigenvalue weighted by Crippen LogP contribution is 2.16. The Bertz CT molecular complexity index is 372. The lowest BCUT2D eigenvalue weighted by Crippen LogP contribution is -2.36. The van der Waals surface area contributed by atoms with Crippen molar-refractivity contribution in [3.8, 4) is 0 Å². The molecule has 0 saturated carbocycles. The van der Waals surface area contributed by atoms with E-state index in [0.29, 0.717) is 5.56 Å². The first-order valence-electron chi connectivity index (χ1n) is 5.71. The van der Waals surface area contributed by atoms with Crippen LogP contribution in [0.25, 0.3) is 0 Å². The summed E-state index contributed by atoms with van der Waals surface area (Å²) in [6, 6.07) is 7.60. The molecule has 0 unspecified atom stereocenters. The SMILES string of the molecule is CNNC(=O)c1ccc(N2CCOCC2)cc1. The second-order valence-electron chi connectivity index (χ2n) is 3.85. The van der Waals surface area contributed by atoms with Gasteiger partial charge in [-0.3, -0.25) is 10.2 Å². The molecule has 1 aromatic rings. The minimum atomic E-state index is -0.124. The lowest BCUT2D eigenvalue weighted by molar-refractivity contribution is 0.0938. The summed E-state index contributed by atoms with van der Waals surface area (Å²) >= 11 is 0. The van der Waals surface area contributed by atoms with Crippen LogP contribution < -0.4 is 15.8 Å². The molecule has 0 aromatic heterocycles. The van der Waals surface area contributed by atoms with E-state index in [1.807, 2.05) is 24.3 Å². The number of amides is 1. The number of nitrogens with zero attached hydrogens (tertiary/aromatic N) is 1. The Morgan fingerprint density at radius 2 is 1.88 bits per heavy atom. The number of anilines is 1. The van der Waals surface area contributed by atoms with Crippen molar-refractivity contribution in [3.05, 3.63) is 29.8 Å². The second kappa shape index (κ2) is 5.65. The van der Waals surface area contributed by atoms with Crippen molar-refractivity contribution in [1.82, 2.24) is 10.9 Å². The smallest absolute Gasteiger partial charge is 0.265 e. The standard InChI is InChI=1S/C12H17N3O2/c1-13-14-12(16)10-2-4-11(5-3-10)15-6-8-17-9-7-15/h2-5,13H,6-9H2,1H3,(H,14,16). The normalized spacial score (nSPS) is 15.7. The van der Waals surface area contributed by atoms with Gasteiger partial charge >= 0.3 is 0 Å². The fourth-order valence-electron chi connectivity index (χ4n) is 1.83. The third kappa shape index (κ3) is 2.95. The van der Waals surface area contributed by atoms with Crippen LogP contribution in [0.15, 0.2) is 24.3 Å². The molecule has 0 aliphatic carbocycles. The summed E-state index contributed by atoms with van der Waals surface area (Å²) in [6.07, 6.45) is 0. The fourth-order valence-corrected chi connectivity index (χ4v) is 1.83. The van der Waals surface area contributed by atoms with Gasteiger partial charge in [0, 0.05) is 31.4 Å². The van der Waals surface area contributed by atoms with Gasteiger partial charge in [-0.15, -0.1) is 0 Å². The number of nitrogens with one attached hydrogen (secondary N) is 2. The van der Waals surface area contributed by atoms with Gasteiger partial charge in [-0.25, -0.2) is 5.43 Å². The van der Waals surface area contributed by atoms with E-state index in [0.717, 1.165) is 32.0 Å². The lowest BCUT2D eigenvalue weighted by atomic mass is 10.2. The van der Waals surface area contributed by atoms with Gasteiger partial charge in [-0.1, -0.05) is 0 Å². The number of morpholine rings is 1. The highest BCUT2D eigenvalue weighted by atomic mass is 16.5. The molecule has 2 rings (SSSR count). The molecular formula is C12H17N3O2. The van der Waals surface area contributed by atoms with Gasteiger partial charge in [0.25, 0.3) is 5.91 Å². The molecule has 1 heterocycles. The van der Waals surface area contributed by atoms with Gasteiger partial charge in [-0.2, -0.15) is 0 Å². The molecule has 2 N–H and O–H groups in total. The quantitative estimate of drug-likeness (QED) is 0.744. The van der Waals surface area contributed by atoms with Crippen molar-refractivity contribution in [3.63, 3.8) is 0 Å². The molecule has 1 fully saturated rings. The van der Waals surface area contributed by atoms with Crippen LogP contribution in [-0.4, -0.2) is 39.3 Å². The first-order valence-corrected chi connectivity index (χ1v) is 5.71. The van der Waals surface area contributed by atoms with Crippen LogP contribution in [0.1, 0.15) is 10.4 Å². The molecule has 1 aliphatic heterocycles. The van der Waals surface area contributed by atoms with Crippen LogP contribution >= 0.6 is 0 Å². The fraction of sp³-hybridized carbons (Fsp3) is 0.417. The molecule has 1 saturated heterocycles. The van der Waals surface area contributed by atoms with Crippen molar-refractivity contribution >= 4 is 11.6 Å². The summed E-state index contributed by atoms with van der Waals surface area (Å²) in [4.78, 5) is 13.8. The molecule has 0 radical (unpaired) electrons. The van der Waals surface area contributed by atoms with Crippen LogP contribution in [0.3, 0.4) is 0 Å². The zero-order valence-electron chi connectivity index (χ0n) is 9.90. The highest BCUT2D eigenvalue weighted by Gasteiger charge is 2.11. The molecule has 5 nitrogen and oxygen atoms in total. The van der Waals surface area contributed by atoms with Crippen molar-refractivity contribution in [2.75, 3.05) is 38.3 Å². The average Bonchev–Trinajstić information content (AvgIpc) is 2.40. The van der Waals surface area contributed by atoms with E-state index >= 15 is 0 Å². The monoisotopic (exact) mass is 235 g/mol. The Kier molecular flexibility index (Phi) is 3.95. The molecule has 0 bridgehead atoms. The topological polar surface area (TPSA) is 53.6 Å². The van der Waals surface area contributed by atoms with Gasteiger partial charge in [0.2, 0.25) is 0 Å². The van der Waals surface area contributed by atoms with E-state index in [-0.39, 0.29) is 5.91 Å². The first kappa shape index (κ1) is 11.9. The highest BCUT2D eigenvalue weighted by molar-refractivity contribution is 5.94. The molecule has 92 valence electrons. The van der Waals surface area contributed by atoms with Crippen molar-refractivity contribution in [2.45, 2.75) is 0 Å². The number of benzene rings is 1. The third-order valence-electron chi connectivity index (χ3n) is 2.74. The molecule has 5 heteroatoms. The molecule has 17 heavy (non-hydrogen) atoms. The van der Waals surface area contributed by atoms with Crippen LogP contribution in [0.4, 0.5) is 5.69 Å². The summed E-state index contributed by atoms with van der Waals surface area (Å²) in [5, 5.41) is 0. The number of rotatable bonds is 3. The zero-order valence-corrected chi connectivity index (χ0v) is 9.90. The number of hydrazine groups is 1. The van der Waals surface area contributed by atoms with Crippen LogP contribution in [0.2, 0.25) is 0 Å². The predicted octanol–water partition coefficient (Wildman–Crippen LogP) is 0.387. The lowest BCUT2D eigenvalue weighted by Gasteiger charge is -2.28. The van der Waals surface area contributed by atoms with E-state index < -0.39 is 0 Å². The number of carbonyl (C=O) groups excluding carboxylic acids is 1. The molecule has 0 spiro atoms. The van der Waals surface area contributed by atoms with Gasteiger partial charge in [0.15, 0.2) is 0 Å². The van der Waals surface area contributed by atoms with Crippen molar-refractivity contribution < 1.29 is 9.53 Å². The number of hydrogen-bond donors (Lipinski definition) is 2. The maximum atomic E-state index is 11.5. The summed E-state index contributed by atoms with van der Waals surface area (Å²) < 4.78 is 5.30. The Balaban J connectivity index is 2.04. The van der Waals surface area contributed by atoms with Gasteiger partial charge in [0.1, 0.15) is 0 Å². The van der Waals surface area contributed by atoms with E-state index in [4.69, 9.17) is 4.74 Å². The summed E-state index contributed by atoms with van der Waals surface area (Å²) in [6.45, 7) is 3.34. The first-order chi connectivity index (χ1) is 8.31. The summed E-state index contributed by atoms with van der Waals surface area (Å²) in [5.74, 6) is -0.124. The molecule has 1 aromatic carbocycles. The predicted molar refractivity (Wildman–Crippen MR) is 66.0 cm³/mol. The maximum Gasteiger partial charge on any atom is 0.265 e. The van der Waals surface area contributed by atoms with Crippen LogP contribution in [0.5, 0.6) is 0 Å². The van der Waals surface area contributed by atoms with E-state index in [9.17, 15) is 4.79 Å². The van der Waals surface area contributed by atoms with Crippen molar-refractivity contribution in [2.24, 2.45) is 0 Å².